The fourth-order valence-electron chi connectivity index (χ4n) is 1.81. The Morgan fingerprint density at radius 3 is 1.67 bits per heavy atom. The largest absolute Gasteiger partial charge is 0.456 e. The van der Waals surface area contributed by atoms with Crippen molar-refractivity contribution in [1.29, 1.82) is 0 Å². The van der Waals surface area contributed by atoms with E-state index in [1.807, 2.05) is 36.4 Å². The highest BCUT2D eigenvalue weighted by Gasteiger charge is 2.06. The predicted octanol–water partition coefficient (Wildman–Crippen LogP) is 2.75. The number of rotatable bonds is 0. The summed E-state index contributed by atoms with van der Waals surface area (Å²) >= 11 is 0. The van der Waals surface area contributed by atoms with Crippen molar-refractivity contribution in [3.8, 4) is 0 Å². The van der Waals surface area contributed by atoms with Crippen LogP contribution in [0.5, 0.6) is 0 Å². The SMILES string of the molecule is Nc1ccc2oc3ccc(N)cc3c2c1. The van der Waals surface area contributed by atoms with Crippen LogP contribution in [0.25, 0.3) is 21.9 Å². The molecule has 4 N–H and O–H groups in total. The molecule has 74 valence electrons. The van der Waals surface area contributed by atoms with Gasteiger partial charge >= 0.3 is 0 Å². The van der Waals surface area contributed by atoms with Crippen molar-refractivity contribution < 1.29 is 4.42 Å². The van der Waals surface area contributed by atoms with Crippen molar-refractivity contribution in [2.45, 2.75) is 0 Å². The highest BCUT2D eigenvalue weighted by Crippen LogP contribution is 2.31. The summed E-state index contributed by atoms with van der Waals surface area (Å²) in [5.74, 6) is 0. The summed E-state index contributed by atoms with van der Waals surface area (Å²) in [7, 11) is 0. The molecule has 0 atom stereocenters. The predicted molar refractivity (Wildman–Crippen MR) is 62.5 cm³/mol. The highest BCUT2D eigenvalue weighted by molar-refractivity contribution is 6.06. The van der Waals surface area contributed by atoms with Crippen LogP contribution in [-0.4, -0.2) is 0 Å². The van der Waals surface area contributed by atoms with Gasteiger partial charge in [-0.25, -0.2) is 0 Å². The Morgan fingerprint density at radius 1 is 0.733 bits per heavy atom. The number of hydrogen-bond acceptors (Lipinski definition) is 3. The fourth-order valence-corrected chi connectivity index (χ4v) is 1.81. The van der Waals surface area contributed by atoms with Gasteiger partial charge in [-0.15, -0.1) is 0 Å². The molecule has 0 saturated heterocycles. The number of nitrogens with two attached hydrogens (primary N) is 2. The van der Waals surface area contributed by atoms with Gasteiger partial charge in [0, 0.05) is 22.1 Å². The summed E-state index contributed by atoms with van der Waals surface area (Å²) in [6.45, 7) is 0. The molecule has 2 aromatic carbocycles. The highest BCUT2D eigenvalue weighted by atomic mass is 16.3. The van der Waals surface area contributed by atoms with E-state index in [0.717, 1.165) is 33.3 Å². The van der Waals surface area contributed by atoms with E-state index < -0.39 is 0 Å². The lowest BCUT2D eigenvalue weighted by molar-refractivity contribution is 0.669. The van der Waals surface area contributed by atoms with Crippen molar-refractivity contribution in [3.05, 3.63) is 36.4 Å². The average Bonchev–Trinajstić information content (AvgIpc) is 2.56. The molecule has 0 unspecified atom stereocenters. The standard InChI is InChI=1S/C12H10N2O/c13-7-1-3-11-9(5-7)10-6-8(14)2-4-12(10)15-11/h1-6H,13-14H2. The first-order valence-corrected chi connectivity index (χ1v) is 4.71. The molecule has 0 bridgehead atoms. The summed E-state index contributed by atoms with van der Waals surface area (Å²) in [4.78, 5) is 0. The summed E-state index contributed by atoms with van der Waals surface area (Å²) < 4.78 is 5.65. The molecule has 0 saturated carbocycles. The van der Waals surface area contributed by atoms with Crippen LogP contribution in [0.1, 0.15) is 0 Å². The van der Waals surface area contributed by atoms with Gasteiger partial charge in [0.05, 0.1) is 0 Å². The van der Waals surface area contributed by atoms with Crippen LogP contribution in [-0.2, 0) is 0 Å². The maximum atomic E-state index is 5.74. The molecular formula is C12H10N2O. The minimum absolute atomic E-state index is 0.729. The molecule has 0 spiro atoms. The quantitative estimate of drug-likeness (QED) is 0.546. The van der Waals surface area contributed by atoms with E-state index in [9.17, 15) is 0 Å². The normalized spacial score (nSPS) is 11.2. The first-order valence-electron chi connectivity index (χ1n) is 4.71. The van der Waals surface area contributed by atoms with Gasteiger partial charge in [-0.05, 0) is 36.4 Å². The molecule has 3 nitrogen and oxygen atoms in total. The van der Waals surface area contributed by atoms with E-state index in [1.54, 1.807) is 0 Å². The molecule has 0 aliphatic carbocycles. The van der Waals surface area contributed by atoms with Crippen LogP contribution < -0.4 is 11.5 Å². The van der Waals surface area contributed by atoms with E-state index in [-0.39, 0.29) is 0 Å². The second kappa shape index (κ2) is 2.67. The molecule has 1 aromatic heterocycles. The Bertz CT molecular complexity index is 599. The number of anilines is 2. The third-order valence-electron chi connectivity index (χ3n) is 2.52. The molecular weight excluding hydrogens is 188 g/mol. The van der Waals surface area contributed by atoms with Crippen molar-refractivity contribution in [1.82, 2.24) is 0 Å². The summed E-state index contributed by atoms with van der Waals surface area (Å²) in [5, 5.41) is 2.02. The molecule has 0 aliphatic heterocycles. The van der Waals surface area contributed by atoms with Crippen molar-refractivity contribution in [2.24, 2.45) is 0 Å². The second-order valence-corrected chi connectivity index (χ2v) is 3.61. The first-order chi connectivity index (χ1) is 7.24. The van der Waals surface area contributed by atoms with Crippen molar-refractivity contribution >= 4 is 33.3 Å². The zero-order chi connectivity index (χ0) is 10.4. The van der Waals surface area contributed by atoms with Crippen LogP contribution in [0, 0.1) is 0 Å². The van der Waals surface area contributed by atoms with E-state index in [2.05, 4.69) is 0 Å². The van der Waals surface area contributed by atoms with Gasteiger partial charge in [0.1, 0.15) is 11.2 Å². The average molecular weight is 198 g/mol. The Morgan fingerprint density at radius 2 is 1.20 bits per heavy atom. The van der Waals surface area contributed by atoms with Crippen molar-refractivity contribution in [3.63, 3.8) is 0 Å². The van der Waals surface area contributed by atoms with Crippen LogP contribution in [0.3, 0.4) is 0 Å². The Labute approximate surface area is 86.3 Å². The van der Waals surface area contributed by atoms with Gasteiger partial charge < -0.3 is 15.9 Å². The molecule has 0 amide bonds. The van der Waals surface area contributed by atoms with Crippen LogP contribution in [0.15, 0.2) is 40.8 Å². The molecule has 3 heteroatoms. The number of benzene rings is 2. The molecule has 1 heterocycles. The zero-order valence-corrected chi connectivity index (χ0v) is 8.03. The maximum absolute atomic E-state index is 5.74. The lowest BCUT2D eigenvalue weighted by Crippen LogP contribution is -1.83. The van der Waals surface area contributed by atoms with Gasteiger partial charge in [-0.2, -0.15) is 0 Å². The monoisotopic (exact) mass is 198 g/mol. The third-order valence-corrected chi connectivity index (χ3v) is 2.52. The lowest BCUT2D eigenvalue weighted by Gasteiger charge is -1.93. The summed E-state index contributed by atoms with van der Waals surface area (Å²) in [6, 6.07) is 11.2. The Balaban J connectivity index is 2.55. The van der Waals surface area contributed by atoms with Gasteiger partial charge in [0.25, 0.3) is 0 Å². The minimum atomic E-state index is 0.729. The topological polar surface area (TPSA) is 65.2 Å². The molecule has 15 heavy (non-hydrogen) atoms. The minimum Gasteiger partial charge on any atom is -0.456 e. The van der Waals surface area contributed by atoms with E-state index >= 15 is 0 Å². The Kier molecular flexibility index (Phi) is 1.45. The zero-order valence-electron chi connectivity index (χ0n) is 8.03. The molecule has 3 rings (SSSR count). The number of furan rings is 1. The molecule has 0 fully saturated rings. The maximum Gasteiger partial charge on any atom is 0.135 e. The molecule has 0 radical (unpaired) electrons. The molecule has 0 aliphatic rings. The second-order valence-electron chi connectivity index (χ2n) is 3.61. The summed E-state index contributed by atoms with van der Waals surface area (Å²) in [6.07, 6.45) is 0. The fraction of sp³-hybridized carbons (Fsp3) is 0. The summed E-state index contributed by atoms with van der Waals surface area (Å²) in [5.41, 5.74) is 14.6. The smallest absolute Gasteiger partial charge is 0.135 e. The number of nitrogen functional groups attached to an aromatic ring is 2. The van der Waals surface area contributed by atoms with Crippen LogP contribution in [0.4, 0.5) is 11.4 Å². The van der Waals surface area contributed by atoms with Crippen LogP contribution in [0.2, 0.25) is 0 Å². The van der Waals surface area contributed by atoms with Gasteiger partial charge in [0.2, 0.25) is 0 Å². The molecule has 3 aromatic rings. The van der Waals surface area contributed by atoms with E-state index in [4.69, 9.17) is 15.9 Å². The number of hydrogen-bond donors (Lipinski definition) is 2. The lowest BCUT2D eigenvalue weighted by atomic mass is 10.1. The van der Waals surface area contributed by atoms with E-state index in [0.29, 0.717) is 0 Å². The number of fused-ring (bicyclic) bond motifs is 3. The van der Waals surface area contributed by atoms with Crippen LogP contribution >= 0.6 is 0 Å². The van der Waals surface area contributed by atoms with Gasteiger partial charge in [-0.1, -0.05) is 0 Å². The third kappa shape index (κ3) is 1.13. The van der Waals surface area contributed by atoms with Gasteiger partial charge in [-0.3, -0.25) is 0 Å². The van der Waals surface area contributed by atoms with E-state index in [1.165, 1.54) is 0 Å². The Hall–Kier alpha value is -2.16. The van der Waals surface area contributed by atoms with Gasteiger partial charge in [0.15, 0.2) is 0 Å². The van der Waals surface area contributed by atoms with Crippen molar-refractivity contribution in [2.75, 3.05) is 11.5 Å². The first kappa shape index (κ1) is 8.17.